The number of aryl methyl sites for hydroxylation is 1. The topological polar surface area (TPSA) is 55.6 Å². The van der Waals surface area contributed by atoms with E-state index in [4.69, 9.17) is 5.73 Å². The second-order valence-electron chi connectivity index (χ2n) is 6.24. The summed E-state index contributed by atoms with van der Waals surface area (Å²) in [6, 6.07) is 5.90. The third-order valence-corrected chi connectivity index (χ3v) is 4.21. The Labute approximate surface area is 145 Å². The lowest BCUT2D eigenvalue weighted by molar-refractivity contribution is -0.274. The lowest BCUT2D eigenvalue weighted by atomic mass is 9.90. The number of para-hydroxylation sites is 1. The van der Waals surface area contributed by atoms with Crippen molar-refractivity contribution in [2.24, 2.45) is 11.1 Å². The number of rotatable bonds is 5. The van der Waals surface area contributed by atoms with Crippen molar-refractivity contribution < 1.29 is 22.7 Å². The molecule has 2 N–H and O–H groups in total. The third-order valence-electron chi connectivity index (χ3n) is 4.21. The van der Waals surface area contributed by atoms with E-state index in [1.807, 2.05) is 6.92 Å². The highest BCUT2D eigenvalue weighted by atomic mass is 35.5. The van der Waals surface area contributed by atoms with E-state index in [0.717, 1.165) is 6.42 Å². The Morgan fingerprint density at radius 3 is 2.62 bits per heavy atom. The molecule has 0 spiro atoms. The molecule has 1 aliphatic heterocycles. The molecule has 1 aliphatic rings. The molecule has 1 amide bonds. The van der Waals surface area contributed by atoms with Gasteiger partial charge in [0.2, 0.25) is 5.91 Å². The number of likely N-dealkylation sites (tertiary alicyclic amines) is 1. The third kappa shape index (κ3) is 5.56. The Hall–Kier alpha value is -1.47. The molecule has 0 saturated carbocycles. The number of hydrogen-bond donors (Lipinski definition) is 1. The molecule has 1 aromatic carbocycles. The van der Waals surface area contributed by atoms with Crippen LogP contribution in [0.4, 0.5) is 13.2 Å². The van der Waals surface area contributed by atoms with Crippen LogP contribution in [0.2, 0.25) is 0 Å². The van der Waals surface area contributed by atoms with Gasteiger partial charge in [0.05, 0.1) is 0 Å². The highest BCUT2D eigenvalue weighted by molar-refractivity contribution is 5.85. The Morgan fingerprint density at radius 2 is 2.04 bits per heavy atom. The number of hydrogen-bond acceptors (Lipinski definition) is 3. The molecule has 136 valence electrons. The molecule has 2 rings (SSSR count). The van der Waals surface area contributed by atoms with Gasteiger partial charge in [0, 0.05) is 19.5 Å². The monoisotopic (exact) mass is 366 g/mol. The first-order valence-corrected chi connectivity index (χ1v) is 7.54. The van der Waals surface area contributed by atoms with Crippen molar-refractivity contribution >= 4 is 18.3 Å². The SMILES string of the molecule is CC1(CN)CCN(C(=O)CCc2ccccc2OC(F)(F)F)C1.Cl. The van der Waals surface area contributed by atoms with E-state index in [1.54, 1.807) is 17.0 Å². The average Bonchev–Trinajstić information content (AvgIpc) is 2.88. The summed E-state index contributed by atoms with van der Waals surface area (Å²) in [5.41, 5.74) is 6.02. The smallest absolute Gasteiger partial charge is 0.406 e. The minimum Gasteiger partial charge on any atom is -0.406 e. The quantitative estimate of drug-likeness (QED) is 0.871. The maximum atomic E-state index is 12.4. The molecule has 4 nitrogen and oxygen atoms in total. The van der Waals surface area contributed by atoms with Gasteiger partial charge in [-0.15, -0.1) is 25.6 Å². The van der Waals surface area contributed by atoms with Crippen molar-refractivity contribution in [1.82, 2.24) is 4.90 Å². The van der Waals surface area contributed by atoms with Crippen molar-refractivity contribution in [3.05, 3.63) is 29.8 Å². The lowest BCUT2D eigenvalue weighted by Gasteiger charge is -2.22. The van der Waals surface area contributed by atoms with Gasteiger partial charge in [0.25, 0.3) is 0 Å². The van der Waals surface area contributed by atoms with Crippen LogP contribution in [0.1, 0.15) is 25.3 Å². The number of benzene rings is 1. The molecule has 24 heavy (non-hydrogen) atoms. The summed E-state index contributed by atoms with van der Waals surface area (Å²) in [7, 11) is 0. The fraction of sp³-hybridized carbons (Fsp3) is 0.562. The van der Waals surface area contributed by atoms with E-state index in [0.29, 0.717) is 25.2 Å². The second-order valence-corrected chi connectivity index (χ2v) is 6.24. The highest BCUT2D eigenvalue weighted by Crippen LogP contribution is 2.30. The Bertz CT molecular complexity index is 568. The molecular formula is C16H22ClF3N2O2. The summed E-state index contributed by atoms with van der Waals surface area (Å²) in [5.74, 6) is -0.315. The van der Waals surface area contributed by atoms with E-state index in [1.165, 1.54) is 12.1 Å². The number of nitrogens with two attached hydrogens (primary N) is 1. The summed E-state index contributed by atoms with van der Waals surface area (Å²) in [6.45, 7) is 3.79. The molecular weight excluding hydrogens is 345 g/mol. The van der Waals surface area contributed by atoms with Crippen LogP contribution < -0.4 is 10.5 Å². The molecule has 1 unspecified atom stereocenters. The summed E-state index contributed by atoms with van der Waals surface area (Å²) < 4.78 is 41.1. The zero-order valence-corrected chi connectivity index (χ0v) is 14.3. The van der Waals surface area contributed by atoms with E-state index < -0.39 is 6.36 Å². The van der Waals surface area contributed by atoms with Gasteiger partial charge in [0.1, 0.15) is 5.75 Å². The van der Waals surface area contributed by atoms with Crippen LogP contribution in [0.25, 0.3) is 0 Å². The van der Waals surface area contributed by atoms with Crippen molar-refractivity contribution in [3.8, 4) is 5.75 Å². The molecule has 1 aromatic rings. The number of ether oxygens (including phenoxy) is 1. The number of alkyl halides is 3. The van der Waals surface area contributed by atoms with Crippen LogP contribution in [-0.2, 0) is 11.2 Å². The summed E-state index contributed by atoms with van der Waals surface area (Å²) in [5, 5.41) is 0. The molecule has 1 heterocycles. The van der Waals surface area contributed by atoms with Gasteiger partial charge in [-0.3, -0.25) is 4.79 Å². The number of nitrogens with zero attached hydrogens (tertiary/aromatic N) is 1. The summed E-state index contributed by atoms with van der Waals surface area (Å²) in [6.07, 6.45) is -3.53. The van der Waals surface area contributed by atoms with E-state index >= 15 is 0 Å². The summed E-state index contributed by atoms with van der Waals surface area (Å²) in [4.78, 5) is 14.0. The number of carbonyl (C=O) groups excluding carboxylic acids is 1. The molecule has 0 bridgehead atoms. The van der Waals surface area contributed by atoms with E-state index in [9.17, 15) is 18.0 Å². The predicted octanol–water partition coefficient (Wildman–Crippen LogP) is 3.14. The van der Waals surface area contributed by atoms with Crippen LogP contribution >= 0.6 is 12.4 Å². The molecule has 0 aliphatic carbocycles. The van der Waals surface area contributed by atoms with Crippen LogP contribution in [0.15, 0.2) is 24.3 Å². The minimum atomic E-state index is -4.74. The van der Waals surface area contributed by atoms with E-state index in [-0.39, 0.29) is 42.3 Å². The number of carbonyl (C=O) groups is 1. The average molecular weight is 367 g/mol. The van der Waals surface area contributed by atoms with Crippen molar-refractivity contribution in [1.29, 1.82) is 0 Å². The highest BCUT2D eigenvalue weighted by Gasteiger charge is 2.35. The first-order chi connectivity index (χ1) is 10.7. The second kappa shape index (κ2) is 8.07. The first-order valence-electron chi connectivity index (χ1n) is 7.54. The zero-order valence-electron chi connectivity index (χ0n) is 13.4. The fourth-order valence-electron chi connectivity index (χ4n) is 2.74. The van der Waals surface area contributed by atoms with Crippen LogP contribution in [0.5, 0.6) is 5.75 Å². The number of amides is 1. The van der Waals surface area contributed by atoms with Gasteiger partial charge in [-0.1, -0.05) is 25.1 Å². The Morgan fingerprint density at radius 1 is 1.38 bits per heavy atom. The molecule has 1 saturated heterocycles. The fourth-order valence-corrected chi connectivity index (χ4v) is 2.74. The standard InChI is InChI=1S/C16H21F3N2O2.ClH/c1-15(10-20)8-9-21(11-15)14(22)7-6-12-4-2-3-5-13(12)23-16(17,18)19;/h2-5H,6-11,20H2,1H3;1H. The minimum absolute atomic E-state index is 0. The van der Waals surface area contributed by atoms with Crippen molar-refractivity contribution in [3.63, 3.8) is 0 Å². The van der Waals surface area contributed by atoms with Crippen LogP contribution in [0.3, 0.4) is 0 Å². The molecule has 8 heteroatoms. The van der Waals surface area contributed by atoms with Crippen molar-refractivity contribution in [2.75, 3.05) is 19.6 Å². The Balaban J connectivity index is 0.00000288. The van der Waals surface area contributed by atoms with Gasteiger partial charge in [-0.05, 0) is 36.4 Å². The molecule has 1 atom stereocenters. The van der Waals surface area contributed by atoms with Crippen LogP contribution in [-0.4, -0.2) is 36.8 Å². The van der Waals surface area contributed by atoms with Crippen LogP contribution in [0, 0.1) is 5.41 Å². The number of halogens is 4. The molecule has 0 radical (unpaired) electrons. The van der Waals surface area contributed by atoms with Crippen molar-refractivity contribution in [2.45, 2.75) is 32.5 Å². The first kappa shape index (κ1) is 20.6. The molecule has 1 fully saturated rings. The van der Waals surface area contributed by atoms with Gasteiger partial charge < -0.3 is 15.4 Å². The van der Waals surface area contributed by atoms with E-state index in [2.05, 4.69) is 4.74 Å². The molecule has 0 aromatic heterocycles. The zero-order chi connectivity index (χ0) is 17.1. The largest absolute Gasteiger partial charge is 0.573 e. The van der Waals surface area contributed by atoms with Gasteiger partial charge in [0.15, 0.2) is 0 Å². The predicted molar refractivity (Wildman–Crippen MR) is 87.1 cm³/mol. The van der Waals surface area contributed by atoms with Gasteiger partial charge in [-0.25, -0.2) is 0 Å². The maximum absolute atomic E-state index is 12.4. The Kier molecular flexibility index (Phi) is 6.92. The lowest BCUT2D eigenvalue weighted by Crippen LogP contribution is -2.34. The van der Waals surface area contributed by atoms with Gasteiger partial charge in [-0.2, -0.15) is 0 Å². The summed E-state index contributed by atoms with van der Waals surface area (Å²) >= 11 is 0. The normalized spacial score (nSPS) is 20.6. The van der Waals surface area contributed by atoms with Gasteiger partial charge >= 0.3 is 6.36 Å². The maximum Gasteiger partial charge on any atom is 0.573 e.